The topological polar surface area (TPSA) is 90.8 Å². The fourth-order valence-corrected chi connectivity index (χ4v) is 2.22. The highest BCUT2D eigenvalue weighted by molar-refractivity contribution is 6.33. The summed E-state index contributed by atoms with van der Waals surface area (Å²) >= 11 is 6.08. The number of pyridine rings is 1. The number of nitrogens with one attached hydrogen (secondary N) is 1. The van der Waals surface area contributed by atoms with Crippen molar-refractivity contribution >= 4 is 23.5 Å². The van der Waals surface area contributed by atoms with E-state index in [2.05, 4.69) is 25.5 Å². The largest absolute Gasteiger partial charge is 0.481 e. The number of rotatable bonds is 7. The molecule has 0 aliphatic carbocycles. The number of hydrogen-bond donors (Lipinski definition) is 1. The second-order valence-electron chi connectivity index (χ2n) is 5.07. The van der Waals surface area contributed by atoms with Crippen LogP contribution < -0.4 is 19.6 Å². The van der Waals surface area contributed by atoms with Crippen LogP contribution in [0.25, 0.3) is 0 Å². The van der Waals surface area contributed by atoms with Crippen LogP contribution >= 0.6 is 11.6 Å². The maximum Gasteiger partial charge on any atom is 0.328 e. The van der Waals surface area contributed by atoms with Crippen LogP contribution in [-0.2, 0) is 0 Å². The molecule has 1 N–H and O–H groups in total. The Labute approximate surface area is 160 Å². The number of hydrogen-bond acceptors (Lipinski definition) is 8. The molecular weight excluding hydrogens is 370 g/mol. The number of halogens is 1. The van der Waals surface area contributed by atoms with Gasteiger partial charge in [-0.2, -0.15) is 15.1 Å². The number of methoxy groups -OCH3 is 2. The van der Waals surface area contributed by atoms with Crippen LogP contribution in [-0.4, -0.2) is 35.4 Å². The number of anilines is 1. The third kappa shape index (κ3) is 4.83. The smallest absolute Gasteiger partial charge is 0.328 e. The molecule has 2 aromatic heterocycles. The van der Waals surface area contributed by atoms with E-state index in [9.17, 15) is 0 Å². The summed E-state index contributed by atoms with van der Waals surface area (Å²) in [5, 5.41) is 4.71. The van der Waals surface area contributed by atoms with Crippen LogP contribution in [0.4, 0.5) is 5.69 Å². The monoisotopic (exact) mass is 385 g/mol. The van der Waals surface area contributed by atoms with Gasteiger partial charge in [0, 0.05) is 6.20 Å². The molecular formula is C18H16ClN5O3. The molecule has 3 aromatic rings. The molecule has 0 fully saturated rings. The molecule has 8 nitrogen and oxygen atoms in total. The molecule has 1 aromatic carbocycles. The Kier molecular flexibility index (Phi) is 6.01. The first-order valence-corrected chi connectivity index (χ1v) is 8.21. The SMILES string of the molecule is COc1cc(OC)nc(Oc2cccnc2/C=N/Nc2ccccc2Cl)n1. The van der Waals surface area contributed by atoms with E-state index in [1.54, 1.807) is 30.5 Å². The zero-order chi connectivity index (χ0) is 19.1. The third-order valence-corrected chi connectivity index (χ3v) is 3.65. The summed E-state index contributed by atoms with van der Waals surface area (Å²) in [6, 6.07) is 12.3. The van der Waals surface area contributed by atoms with E-state index in [1.165, 1.54) is 20.4 Å². The molecule has 0 saturated carbocycles. The lowest BCUT2D eigenvalue weighted by Crippen LogP contribution is -2.01. The maximum atomic E-state index is 6.08. The number of para-hydroxylation sites is 1. The summed E-state index contributed by atoms with van der Waals surface area (Å²) in [4.78, 5) is 12.5. The minimum absolute atomic E-state index is 0.0629. The first kappa shape index (κ1) is 18.4. The highest BCUT2D eigenvalue weighted by atomic mass is 35.5. The molecule has 0 bridgehead atoms. The van der Waals surface area contributed by atoms with Crippen LogP contribution in [0.3, 0.4) is 0 Å². The molecule has 0 amide bonds. The number of nitrogens with zero attached hydrogens (tertiary/aromatic N) is 4. The summed E-state index contributed by atoms with van der Waals surface area (Å²) in [5.41, 5.74) is 4.01. The van der Waals surface area contributed by atoms with Gasteiger partial charge in [-0.25, -0.2) is 0 Å². The van der Waals surface area contributed by atoms with Crippen LogP contribution in [0.2, 0.25) is 5.02 Å². The van der Waals surface area contributed by atoms with Crippen molar-refractivity contribution in [2.24, 2.45) is 5.10 Å². The highest BCUT2D eigenvalue weighted by Crippen LogP contribution is 2.25. The molecule has 3 rings (SSSR count). The van der Waals surface area contributed by atoms with Crippen molar-refractivity contribution in [1.29, 1.82) is 0 Å². The zero-order valence-electron chi connectivity index (χ0n) is 14.6. The van der Waals surface area contributed by atoms with Crippen LogP contribution in [0.15, 0.2) is 53.8 Å². The minimum Gasteiger partial charge on any atom is -0.481 e. The number of aromatic nitrogens is 3. The lowest BCUT2D eigenvalue weighted by Gasteiger charge is -2.09. The van der Waals surface area contributed by atoms with E-state index in [1.807, 2.05) is 18.2 Å². The van der Waals surface area contributed by atoms with Crippen molar-refractivity contribution in [1.82, 2.24) is 15.0 Å². The number of ether oxygens (including phenoxy) is 3. The van der Waals surface area contributed by atoms with E-state index >= 15 is 0 Å². The standard InChI is InChI=1S/C18H16ClN5O3/c1-25-16-10-17(26-2)23-18(22-16)27-15-8-5-9-20-14(15)11-21-24-13-7-4-3-6-12(13)19/h3-11,24H,1-2H3/b21-11+. The van der Waals surface area contributed by atoms with Crippen LogP contribution in [0.5, 0.6) is 23.5 Å². The Bertz CT molecular complexity index is 930. The van der Waals surface area contributed by atoms with E-state index in [0.29, 0.717) is 33.9 Å². The summed E-state index contributed by atoms with van der Waals surface area (Å²) in [6.07, 6.45) is 3.13. The van der Waals surface area contributed by atoms with Gasteiger partial charge in [0.1, 0.15) is 5.69 Å². The van der Waals surface area contributed by atoms with Crippen molar-refractivity contribution in [3.8, 4) is 23.5 Å². The molecule has 0 spiro atoms. The summed E-state index contributed by atoms with van der Waals surface area (Å²) in [5.74, 6) is 1.05. The third-order valence-electron chi connectivity index (χ3n) is 3.32. The Morgan fingerprint density at radius 3 is 2.48 bits per heavy atom. The molecule has 0 radical (unpaired) electrons. The minimum atomic E-state index is 0.0629. The van der Waals surface area contributed by atoms with Crippen molar-refractivity contribution in [3.05, 3.63) is 59.4 Å². The Hall–Kier alpha value is -3.39. The van der Waals surface area contributed by atoms with Crippen molar-refractivity contribution in [2.75, 3.05) is 19.6 Å². The first-order valence-electron chi connectivity index (χ1n) is 7.83. The van der Waals surface area contributed by atoms with Gasteiger partial charge in [-0.15, -0.1) is 0 Å². The number of hydrazone groups is 1. The Morgan fingerprint density at radius 2 is 1.78 bits per heavy atom. The molecule has 2 heterocycles. The summed E-state index contributed by atoms with van der Waals surface area (Å²) in [7, 11) is 2.99. The first-order chi connectivity index (χ1) is 13.2. The molecule has 0 atom stereocenters. The van der Waals surface area contributed by atoms with Crippen molar-refractivity contribution in [2.45, 2.75) is 0 Å². The quantitative estimate of drug-likeness (QED) is 0.488. The summed E-state index contributed by atoms with van der Waals surface area (Å²) < 4.78 is 16.0. The predicted octanol–water partition coefficient (Wildman–Crippen LogP) is 3.78. The van der Waals surface area contributed by atoms with Gasteiger partial charge < -0.3 is 14.2 Å². The molecule has 9 heteroatoms. The second kappa shape index (κ2) is 8.81. The Morgan fingerprint density at radius 1 is 1.04 bits per heavy atom. The molecule has 0 aliphatic rings. The highest BCUT2D eigenvalue weighted by Gasteiger charge is 2.10. The van der Waals surface area contributed by atoms with E-state index in [0.717, 1.165) is 0 Å². The normalized spacial score (nSPS) is 10.6. The van der Waals surface area contributed by atoms with Gasteiger partial charge in [0.2, 0.25) is 11.8 Å². The predicted molar refractivity (Wildman–Crippen MR) is 102 cm³/mol. The van der Waals surface area contributed by atoms with Crippen molar-refractivity contribution < 1.29 is 14.2 Å². The van der Waals surface area contributed by atoms with E-state index in [-0.39, 0.29) is 6.01 Å². The molecule has 0 aliphatic heterocycles. The van der Waals surface area contributed by atoms with E-state index < -0.39 is 0 Å². The van der Waals surface area contributed by atoms with Gasteiger partial charge in [0.05, 0.1) is 37.2 Å². The van der Waals surface area contributed by atoms with E-state index in [4.69, 9.17) is 25.8 Å². The molecule has 27 heavy (non-hydrogen) atoms. The lowest BCUT2D eigenvalue weighted by molar-refractivity contribution is 0.347. The zero-order valence-corrected chi connectivity index (χ0v) is 15.3. The fraction of sp³-hybridized carbons (Fsp3) is 0.111. The fourth-order valence-electron chi connectivity index (χ4n) is 2.04. The molecule has 0 unspecified atom stereocenters. The van der Waals surface area contributed by atoms with Gasteiger partial charge in [-0.1, -0.05) is 23.7 Å². The van der Waals surface area contributed by atoms with Gasteiger partial charge in [-0.3, -0.25) is 10.4 Å². The molecule has 138 valence electrons. The Balaban J connectivity index is 1.80. The van der Waals surface area contributed by atoms with Gasteiger partial charge >= 0.3 is 6.01 Å². The van der Waals surface area contributed by atoms with Crippen LogP contribution in [0, 0.1) is 0 Å². The van der Waals surface area contributed by atoms with Crippen LogP contribution in [0.1, 0.15) is 5.69 Å². The van der Waals surface area contributed by atoms with Gasteiger partial charge in [0.25, 0.3) is 0 Å². The summed E-state index contributed by atoms with van der Waals surface area (Å²) in [6.45, 7) is 0. The lowest BCUT2D eigenvalue weighted by atomic mass is 10.3. The average molecular weight is 386 g/mol. The molecule has 0 saturated heterocycles. The van der Waals surface area contributed by atoms with Gasteiger partial charge in [-0.05, 0) is 24.3 Å². The maximum absolute atomic E-state index is 6.08. The second-order valence-corrected chi connectivity index (χ2v) is 5.48. The number of benzene rings is 1. The average Bonchev–Trinajstić information content (AvgIpc) is 2.70. The van der Waals surface area contributed by atoms with Gasteiger partial charge in [0.15, 0.2) is 5.75 Å². The van der Waals surface area contributed by atoms with Crippen molar-refractivity contribution in [3.63, 3.8) is 0 Å².